The van der Waals surface area contributed by atoms with E-state index in [-0.39, 0.29) is 0 Å². The van der Waals surface area contributed by atoms with Crippen molar-refractivity contribution in [2.45, 2.75) is 11.8 Å². The van der Waals surface area contributed by atoms with E-state index < -0.39 is 45.8 Å². The third-order valence-corrected chi connectivity index (χ3v) is 3.67. The summed E-state index contributed by atoms with van der Waals surface area (Å²) in [5.74, 6) is -4.77. The van der Waals surface area contributed by atoms with Crippen molar-refractivity contribution in [1.82, 2.24) is 0 Å². The molecule has 0 aliphatic rings. The Morgan fingerprint density at radius 1 is 1.08 bits per heavy atom. The van der Waals surface area contributed by atoms with Crippen LogP contribution in [0.1, 0.15) is 11.1 Å². The second kappa shape index (κ2) is 6.45. The van der Waals surface area contributed by atoms with Gasteiger partial charge in [-0.1, -0.05) is 30.3 Å². The van der Waals surface area contributed by atoms with E-state index in [1.807, 2.05) is 0 Å². The smallest absolute Gasteiger partial charge is 0.326 e. The molecule has 0 saturated heterocycles. The van der Waals surface area contributed by atoms with Crippen molar-refractivity contribution >= 4 is 17.6 Å². The number of carboxylic acid groups (broad SMARTS) is 2. The number of nitrogens with zero attached hydrogens (tertiary/aromatic N) is 1. The molecule has 0 saturated carbocycles. The second-order valence-corrected chi connectivity index (χ2v) is 5.10. The first-order valence-corrected chi connectivity index (χ1v) is 6.74. The summed E-state index contributed by atoms with van der Waals surface area (Å²) in [6, 6.07) is 10.1. The topological polar surface area (TPSA) is 118 Å². The van der Waals surface area contributed by atoms with Gasteiger partial charge in [-0.25, -0.2) is 4.39 Å². The number of hydrogen-bond acceptors (Lipinski definition) is 4. The molecule has 0 radical (unpaired) electrons. The first-order chi connectivity index (χ1) is 11.3. The Morgan fingerprint density at radius 2 is 1.67 bits per heavy atom. The summed E-state index contributed by atoms with van der Waals surface area (Å²) >= 11 is 0. The van der Waals surface area contributed by atoms with E-state index in [0.29, 0.717) is 11.6 Å². The zero-order valence-electron chi connectivity index (χ0n) is 12.2. The Bertz CT molecular complexity index is 791. The van der Waals surface area contributed by atoms with Crippen LogP contribution >= 0.6 is 0 Å². The van der Waals surface area contributed by atoms with E-state index in [4.69, 9.17) is 0 Å². The maximum Gasteiger partial charge on any atom is 0.326 e. The number of non-ortho nitro benzene ring substituents is 1. The van der Waals surface area contributed by atoms with Gasteiger partial charge in [-0.05, 0) is 11.6 Å². The van der Waals surface area contributed by atoms with E-state index in [1.54, 1.807) is 18.2 Å². The highest BCUT2D eigenvalue weighted by molar-refractivity contribution is 6.05. The minimum Gasteiger partial charge on any atom is -0.480 e. The lowest BCUT2D eigenvalue weighted by molar-refractivity contribution is -0.385. The van der Waals surface area contributed by atoms with Gasteiger partial charge in [0.15, 0.2) is 5.41 Å². The molecule has 0 fully saturated rings. The van der Waals surface area contributed by atoms with Crippen LogP contribution < -0.4 is 0 Å². The van der Waals surface area contributed by atoms with Crippen molar-refractivity contribution in [1.29, 1.82) is 0 Å². The highest BCUT2D eigenvalue weighted by Gasteiger charge is 2.50. The maximum atomic E-state index is 14.3. The molecule has 24 heavy (non-hydrogen) atoms. The quantitative estimate of drug-likeness (QED) is 0.476. The summed E-state index contributed by atoms with van der Waals surface area (Å²) in [6.45, 7) is 0. The number of nitro benzene ring substituents is 1. The normalized spacial score (nSPS) is 11.0. The Hall–Kier alpha value is -3.29. The van der Waals surface area contributed by atoms with Gasteiger partial charge in [-0.2, -0.15) is 0 Å². The Labute approximate surface area is 135 Å². The number of benzene rings is 2. The van der Waals surface area contributed by atoms with Crippen LogP contribution in [0.15, 0.2) is 48.5 Å². The SMILES string of the molecule is O=C(O)C(Cc1ccccc1)(C(=O)O)c1ccc([N+](=O)[O-])cc1F. The molecule has 0 aliphatic heterocycles. The molecule has 2 N–H and O–H groups in total. The van der Waals surface area contributed by atoms with Crippen LogP contribution in [0.25, 0.3) is 0 Å². The summed E-state index contributed by atoms with van der Waals surface area (Å²) in [4.78, 5) is 33.3. The third-order valence-electron chi connectivity index (χ3n) is 3.67. The molecule has 0 bridgehead atoms. The summed E-state index contributed by atoms with van der Waals surface area (Å²) in [5, 5.41) is 29.7. The van der Waals surface area contributed by atoms with E-state index in [1.165, 1.54) is 12.1 Å². The van der Waals surface area contributed by atoms with Gasteiger partial charge in [-0.3, -0.25) is 19.7 Å². The van der Waals surface area contributed by atoms with Crippen molar-refractivity contribution in [3.63, 3.8) is 0 Å². The van der Waals surface area contributed by atoms with Crippen LogP contribution in [0.2, 0.25) is 0 Å². The zero-order chi connectivity index (χ0) is 17.9. The molecule has 0 spiro atoms. The average molecular weight is 333 g/mol. The monoisotopic (exact) mass is 333 g/mol. The molecule has 0 aliphatic carbocycles. The molecule has 0 amide bonds. The molecular formula is C16H12FNO6. The van der Waals surface area contributed by atoms with E-state index in [0.717, 1.165) is 12.1 Å². The lowest BCUT2D eigenvalue weighted by Crippen LogP contribution is -2.46. The first-order valence-electron chi connectivity index (χ1n) is 6.74. The molecule has 2 aromatic rings. The molecular weight excluding hydrogens is 321 g/mol. The van der Waals surface area contributed by atoms with E-state index in [9.17, 15) is 34.3 Å². The van der Waals surface area contributed by atoms with Crippen LogP contribution in [0.5, 0.6) is 0 Å². The van der Waals surface area contributed by atoms with Gasteiger partial charge in [0.1, 0.15) is 5.82 Å². The largest absolute Gasteiger partial charge is 0.480 e. The molecule has 0 atom stereocenters. The highest BCUT2D eigenvalue weighted by Crippen LogP contribution is 2.33. The van der Waals surface area contributed by atoms with Gasteiger partial charge in [0.05, 0.1) is 11.0 Å². The van der Waals surface area contributed by atoms with Gasteiger partial charge >= 0.3 is 11.9 Å². The summed E-state index contributed by atoms with van der Waals surface area (Å²) in [6.07, 6.45) is -0.507. The zero-order valence-corrected chi connectivity index (χ0v) is 12.2. The first kappa shape index (κ1) is 17.1. The fourth-order valence-electron chi connectivity index (χ4n) is 2.43. The number of hydrogen-bond donors (Lipinski definition) is 2. The molecule has 0 unspecified atom stereocenters. The molecule has 0 heterocycles. The van der Waals surface area contributed by atoms with Gasteiger partial charge in [0.25, 0.3) is 5.69 Å². The second-order valence-electron chi connectivity index (χ2n) is 5.10. The lowest BCUT2D eigenvalue weighted by atomic mass is 9.75. The van der Waals surface area contributed by atoms with Crippen molar-refractivity contribution in [3.05, 3.63) is 75.6 Å². The van der Waals surface area contributed by atoms with Crippen LogP contribution in [0.3, 0.4) is 0 Å². The van der Waals surface area contributed by atoms with Crippen molar-refractivity contribution in [2.24, 2.45) is 0 Å². The highest BCUT2D eigenvalue weighted by atomic mass is 19.1. The van der Waals surface area contributed by atoms with Crippen molar-refractivity contribution in [2.75, 3.05) is 0 Å². The number of carbonyl (C=O) groups is 2. The number of rotatable bonds is 6. The van der Waals surface area contributed by atoms with Crippen LogP contribution in [-0.4, -0.2) is 27.1 Å². The minimum absolute atomic E-state index is 0.375. The standard InChI is InChI=1S/C16H12FNO6/c17-13-8-11(18(23)24)6-7-12(13)16(14(19)20,15(21)22)9-10-4-2-1-3-5-10/h1-8H,9H2,(H,19,20)(H,21,22). The molecule has 2 aromatic carbocycles. The van der Waals surface area contributed by atoms with Gasteiger partial charge in [0.2, 0.25) is 0 Å². The summed E-state index contributed by atoms with van der Waals surface area (Å²) in [7, 11) is 0. The van der Waals surface area contributed by atoms with Crippen molar-refractivity contribution in [3.8, 4) is 0 Å². The predicted octanol–water partition coefficient (Wildman–Crippen LogP) is 2.38. The molecule has 8 heteroatoms. The predicted molar refractivity (Wildman–Crippen MR) is 80.2 cm³/mol. The fourth-order valence-corrected chi connectivity index (χ4v) is 2.43. The summed E-state index contributed by atoms with van der Waals surface area (Å²) in [5.41, 5.74) is -3.46. The van der Waals surface area contributed by atoms with Gasteiger partial charge < -0.3 is 10.2 Å². The van der Waals surface area contributed by atoms with Crippen LogP contribution in [0, 0.1) is 15.9 Å². The molecule has 0 aromatic heterocycles. The van der Waals surface area contributed by atoms with E-state index >= 15 is 0 Å². The molecule has 124 valence electrons. The molecule has 2 rings (SSSR count). The van der Waals surface area contributed by atoms with Crippen molar-refractivity contribution < 1.29 is 29.1 Å². The Kier molecular flexibility index (Phi) is 4.59. The number of nitro groups is 1. The lowest BCUT2D eigenvalue weighted by Gasteiger charge is -2.26. The minimum atomic E-state index is -2.60. The Morgan fingerprint density at radius 3 is 2.12 bits per heavy atom. The van der Waals surface area contributed by atoms with Crippen LogP contribution in [-0.2, 0) is 21.4 Å². The molecule has 7 nitrogen and oxygen atoms in total. The summed E-state index contributed by atoms with van der Waals surface area (Å²) < 4.78 is 14.3. The van der Waals surface area contributed by atoms with Gasteiger partial charge in [0, 0.05) is 18.1 Å². The van der Waals surface area contributed by atoms with E-state index in [2.05, 4.69) is 0 Å². The number of halogens is 1. The Balaban J connectivity index is 2.65. The number of carboxylic acids is 2. The fraction of sp³-hybridized carbons (Fsp3) is 0.125. The average Bonchev–Trinajstić information content (AvgIpc) is 2.53. The third kappa shape index (κ3) is 2.94. The van der Waals surface area contributed by atoms with Gasteiger partial charge in [-0.15, -0.1) is 0 Å². The number of aliphatic carboxylic acids is 2. The maximum absolute atomic E-state index is 14.3. The van der Waals surface area contributed by atoms with Crippen LogP contribution in [0.4, 0.5) is 10.1 Å².